The van der Waals surface area contributed by atoms with Crippen molar-refractivity contribution in [3.8, 4) is 0 Å². The fraction of sp³-hybridized carbons (Fsp3) is 0.400. The topological polar surface area (TPSA) is 74.3 Å². The summed E-state index contributed by atoms with van der Waals surface area (Å²) >= 11 is 0. The molecule has 4 nitrogen and oxygen atoms in total. The van der Waals surface area contributed by atoms with E-state index >= 15 is 0 Å². The van der Waals surface area contributed by atoms with Crippen LogP contribution in [0.15, 0.2) is 28.2 Å². The minimum absolute atomic E-state index is 0.465. The lowest BCUT2D eigenvalue weighted by Crippen LogP contribution is -2.21. The van der Waals surface area contributed by atoms with Crippen molar-refractivity contribution < 1.29 is 0 Å². The third-order valence-corrected chi connectivity index (χ3v) is 1.77. The first kappa shape index (κ1) is 12.4. The van der Waals surface area contributed by atoms with Gasteiger partial charge in [-0.25, -0.2) is 0 Å². The van der Waals surface area contributed by atoms with Crippen molar-refractivity contribution >= 4 is 11.9 Å². The van der Waals surface area contributed by atoms with Crippen molar-refractivity contribution in [2.45, 2.75) is 20.8 Å². The minimum Gasteiger partial charge on any atom is -0.385 e. The molecule has 0 aromatic rings. The highest BCUT2D eigenvalue weighted by atomic mass is 15.0. The second-order valence-electron chi connectivity index (χ2n) is 3.05. The molecule has 0 fully saturated rings. The maximum Gasteiger partial charge on any atom is 0.105 e. The summed E-state index contributed by atoms with van der Waals surface area (Å²) < 4.78 is 0. The predicted molar refractivity (Wildman–Crippen MR) is 61.6 cm³/mol. The van der Waals surface area contributed by atoms with Gasteiger partial charge in [-0.3, -0.25) is 4.99 Å². The van der Waals surface area contributed by atoms with E-state index in [1.807, 2.05) is 19.9 Å². The van der Waals surface area contributed by atoms with Gasteiger partial charge in [0.2, 0.25) is 0 Å². The van der Waals surface area contributed by atoms with E-state index in [0.717, 1.165) is 11.3 Å². The Bertz CT molecular complexity index is 297. The van der Waals surface area contributed by atoms with Gasteiger partial charge in [0, 0.05) is 30.2 Å². The molecule has 0 spiro atoms. The molecule has 0 unspecified atom stereocenters. The zero-order valence-electron chi connectivity index (χ0n) is 9.18. The molecule has 0 aromatic heterocycles. The monoisotopic (exact) mass is 194 g/mol. The van der Waals surface area contributed by atoms with Gasteiger partial charge in [0.1, 0.15) is 5.82 Å². The van der Waals surface area contributed by atoms with Crippen LogP contribution in [0.3, 0.4) is 0 Å². The van der Waals surface area contributed by atoms with Gasteiger partial charge in [0.25, 0.3) is 0 Å². The van der Waals surface area contributed by atoms with Crippen LogP contribution in [0.4, 0.5) is 0 Å². The number of rotatable bonds is 4. The van der Waals surface area contributed by atoms with E-state index in [1.54, 1.807) is 20.2 Å². The lowest BCUT2D eigenvalue weighted by Gasteiger charge is -2.09. The Morgan fingerprint density at radius 2 is 1.93 bits per heavy atom. The van der Waals surface area contributed by atoms with Gasteiger partial charge in [0.05, 0.1) is 0 Å². The summed E-state index contributed by atoms with van der Waals surface area (Å²) in [5, 5.41) is 10.4. The molecule has 0 saturated carbocycles. The van der Waals surface area contributed by atoms with Crippen LogP contribution in [0, 0.1) is 5.41 Å². The molecule has 0 aromatic carbocycles. The lowest BCUT2D eigenvalue weighted by molar-refractivity contribution is 0.934. The molecule has 14 heavy (non-hydrogen) atoms. The number of nitrogens with zero attached hydrogens (tertiary/aromatic N) is 1. The van der Waals surface area contributed by atoms with E-state index in [9.17, 15) is 0 Å². The van der Waals surface area contributed by atoms with E-state index in [4.69, 9.17) is 11.1 Å². The van der Waals surface area contributed by atoms with Crippen molar-refractivity contribution in [2.24, 2.45) is 10.7 Å². The van der Waals surface area contributed by atoms with Crippen molar-refractivity contribution in [3.05, 3.63) is 23.2 Å². The predicted octanol–water partition coefficient (Wildman–Crippen LogP) is 1.41. The molecule has 0 radical (unpaired) electrons. The highest BCUT2D eigenvalue weighted by Gasteiger charge is 1.99. The van der Waals surface area contributed by atoms with Crippen LogP contribution in [0.1, 0.15) is 20.8 Å². The zero-order valence-corrected chi connectivity index (χ0v) is 9.18. The van der Waals surface area contributed by atoms with Gasteiger partial charge in [0.15, 0.2) is 0 Å². The average Bonchev–Trinajstić information content (AvgIpc) is 2.13. The van der Waals surface area contributed by atoms with Crippen LogP contribution in [0.2, 0.25) is 0 Å². The molecule has 0 amide bonds. The molecule has 0 rings (SSSR count). The Morgan fingerprint density at radius 3 is 2.36 bits per heavy atom. The van der Waals surface area contributed by atoms with Crippen LogP contribution in [0.5, 0.6) is 0 Å². The second kappa shape index (κ2) is 5.96. The Labute approximate surface area is 85.1 Å². The van der Waals surface area contributed by atoms with Gasteiger partial charge in [-0.2, -0.15) is 0 Å². The fourth-order valence-corrected chi connectivity index (χ4v) is 0.736. The van der Waals surface area contributed by atoms with E-state index in [-0.39, 0.29) is 0 Å². The Balaban J connectivity index is 4.54. The number of hydrogen-bond donors (Lipinski definition) is 3. The molecular weight excluding hydrogens is 176 g/mol. The molecule has 0 heterocycles. The summed E-state index contributed by atoms with van der Waals surface area (Å²) in [6, 6.07) is 0. The lowest BCUT2D eigenvalue weighted by atomic mass is 10.2. The van der Waals surface area contributed by atoms with Gasteiger partial charge >= 0.3 is 0 Å². The van der Waals surface area contributed by atoms with Gasteiger partial charge in [-0.1, -0.05) is 0 Å². The third-order valence-electron chi connectivity index (χ3n) is 1.77. The fourth-order valence-electron chi connectivity index (χ4n) is 0.736. The highest BCUT2D eigenvalue weighted by molar-refractivity contribution is 5.95. The first-order chi connectivity index (χ1) is 6.49. The number of nitrogens with one attached hydrogen (secondary N) is 2. The van der Waals surface area contributed by atoms with Crippen molar-refractivity contribution in [1.29, 1.82) is 5.41 Å². The number of aliphatic imine (C=N–C) groups is 1. The summed E-state index contributed by atoms with van der Waals surface area (Å²) in [4.78, 5) is 3.82. The molecule has 0 atom stereocenters. The molecule has 0 aliphatic carbocycles. The van der Waals surface area contributed by atoms with Crippen LogP contribution in [-0.4, -0.2) is 19.0 Å². The zero-order chi connectivity index (χ0) is 11.1. The summed E-state index contributed by atoms with van der Waals surface area (Å²) in [5.74, 6) is 0.510. The SMILES string of the molecule is C/N=C\C=C(\C)N/C(N)=C(/C)C(C)=N. The largest absolute Gasteiger partial charge is 0.385 e. The number of allylic oxidation sites excluding steroid dienone is 3. The van der Waals surface area contributed by atoms with E-state index in [1.165, 1.54) is 0 Å². The molecule has 78 valence electrons. The minimum atomic E-state index is 0.465. The summed E-state index contributed by atoms with van der Waals surface area (Å²) in [6.07, 6.45) is 3.50. The number of hydrogen-bond acceptors (Lipinski definition) is 4. The van der Waals surface area contributed by atoms with Crippen LogP contribution in [0.25, 0.3) is 0 Å². The van der Waals surface area contributed by atoms with Crippen molar-refractivity contribution in [1.82, 2.24) is 5.32 Å². The van der Waals surface area contributed by atoms with Crippen molar-refractivity contribution in [2.75, 3.05) is 7.05 Å². The summed E-state index contributed by atoms with van der Waals surface area (Å²) in [7, 11) is 1.70. The normalized spacial score (nSPS) is 14.1. The van der Waals surface area contributed by atoms with Crippen LogP contribution >= 0.6 is 0 Å². The molecule has 0 saturated heterocycles. The van der Waals surface area contributed by atoms with E-state index < -0.39 is 0 Å². The number of nitrogens with two attached hydrogens (primary N) is 1. The van der Waals surface area contributed by atoms with Gasteiger partial charge in [-0.05, 0) is 26.8 Å². The quantitative estimate of drug-likeness (QED) is 0.592. The molecule has 0 bridgehead atoms. The first-order valence-corrected chi connectivity index (χ1v) is 4.37. The van der Waals surface area contributed by atoms with Crippen molar-refractivity contribution in [3.63, 3.8) is 0 Å². The second-order valence-corrected chi connectivity index (χ2v) is 3.05. The summed E-state index contributed by atoms with van der Waals surface area (Å²) in [5.41, 5.74) is 7.85. The Kier molecular flexibility index (Phi) is 5.29. The molecular formula is C10H18N4. The maximum atomic E-state index is 7.39. The van der Waals surface area contributed by atoms with Gasteiger partial charge in [-0.15, -0.1) is 0 Å². The Hall–Kier alpha value is -1.58. The van der Waals surface area contributed by atoms with Gasteiger partial charge < -0.3 is 16.5 Å². The standard InChI is InChI=1S/C10H18N4/c1-7(5-6-13-4)14-10(12)8(2)9(3)11/h5-6,11,14H,12H2,1-4H3/b7-5-,10-8-,11-9?,13-6-. The Morgan fingerprint density at radius 1 is 1.36 bits per heavy atom. The maximum absolute atomic E-state index is 7.39. The summed E-state index contributed by atoms with van der Waals surface area (Å²) in [6.45, 7) is 5.41. The average molecular weight is 194 g/mol. The third kappa shape index (κ3) is 4.45. The van der Waals surface area contributed by atoms with E-state index in [0.29, 0.717) is 11.5 Å². The highest BCUT2D eigenvalue weighted by Crippen LogP contribution is 1.99. The van der Waals surface area contributed by atoms with E-state index in [2.05, 4.69) is 10.3 Å². The first-order valence-electron chi connectivity index (χ1n) is 4.37. The van der Waals surface area contributed by atoms with Crippen LogP contribution < -0.4 is 11.1 Å². The molecule has 4 heteroatoms. The smallest absolute Gasteiger partial charge is 0.105 e. The van der Waals surface area contributed by atoms with Crippen LogP contribution in [-0.2, 0) is 0 Å². The molecule has 4 N–H and O–H groups in total. The molecule has 0 aliphatic rings. The molecule has 0 aliphatic heterocycles.